The molecule has 32 heavy (non-hydrogen) atoms. The van der Waals surface area contributed by atoms with Crippen LogP contribution in [0.3, 0.4) is 0 Å². The van der Waals surface area contributed by atoms with E-state index in [1.807, 2.05) is 4.90 Å². The number of aromatic amines is 1. The van der Waals surface area contributed by atoms with Crippen LogP contribution in [0, 0.1) is 18.6 Å². The van der Waals surface area contributed by atoms with Gasteiger partial charge in [-0.2, -0.15) is 4.99 Å². The molecule has 1 atom stereocenters. The molecule has 10 heteroatoms. The number of aliphatic imine (C=N–C) groups is 1. The largest absolute Gasteiger partial charge is 0.356 e. The first kappa shape index (κ1) is 21.9. The fourth-order valence-electron chi connectivity index (χ4n) is 4.08. The van der Waals surface area contributed by atoms with Crippen LogP contribution in [0.25, 0.3) is 0 Å². The summed E-state index contributed by atoms with van der Waals surface area (Å²) < 4.78 is 27.8. The van der Waals surface area contributed by atoms with Crippen LogP contribution in [-0.2, 0) is 13.1 Å². The van der Waals surface area contributed by atoms with Gasteiger partial charge in [-0.3, -0.25) is 14.6 Å². The van der Waals surface area contributed by atoms with Gasteiger partial charge in [-0.25, -0.2) is 13.6 Å². The maximum Gasteiger partial charge on any atom is 0.350 e. The highest BCUT2D eigenvalue weighted by Gasteiger charge is 2.38. The van der Waals surface area contributed by atoms with E-state index in [2.05, 4.69) is 9.98 Å². The fraction of sp³-hybridized carbons (Fsp3) is 0.409. The number of aryl methyl sites for hydroxylation is 1. The number of amides is 2. The number of nitrogens with zero attached hydrogens (tertiary/aromatic N) is 4. The molecule has 170 valence electrons. The van der Waals surface area contributed by atoms with Gasteiger partial charge in [-0.15, -0.1) is 0 Å². The van der Waals surface area contributed by atoms with Crippen LogP contribution >= 0.6 is 0 Å². The van der Waals surface area contributed by atoms with Gasteiger partial charge >= 0.3 is 6.03 Å². The molecule has 0 radical (unpaired) electrons. The number of hydrogen-bond donors (Lipinski definition) is 2. The second kappa shape index (κ2) is 9.07. The Balaban J connectivity index is 1.69. The van der Waals surface area contributed by atoms with Gasteiger partial charge in [0.25, 0.3) is 5.56 Å². The minimum absolute atomic E-state index is 0.00344. The van der Waals surface area contributed by atoms with Gasteiger partial charge in [0.2, 0.25) is 12.3 Å². The molecule has 1 aromatic carbocycles. The lowest BCUT2D eigenvalue weighted by Crippen LogP contribution is -2.60. The first-order valence-corrected chi connectivity index (χ1v) is 10.5. The second-order valence-corrected chi connectivity index (χ2v) is 8.08. The van der Waals surface area contributed by atoms with Gasteiger partial charge in [0.05, 0.1) is 13.1 Å². The Morgan fingerprint density at radius 3 is 2.56 bits per heavy atom. The van der Waals surface area contributed by atoms with E-state index in [1.165, 1.54) is 24.1 Å². The van der Waals surface area contributed by atoms with E-state index in [0.29, 0.717) is 30.2 Å². The first-order valence-electron chi connectivity index (χ1n) is 10.5. The van der Waals surface area contributed by atoms with Crippen LogP contribution in [0.4, 0.5) is 13.6 Å². The zero-order valence-electron chi connectivity index (χ0n) is 17.7. The molecule has 1 saturated heterocycles. The molecule has 2 aliphatic heterocycles. The number of carbonyl (C=O) groups is 1. The van der Waals surface area contributed by atoms with Gasteiger partial charge in [0, 0.05) is 24.8 Å². The van der Waals surface area contributed by atoms with E-state index in [9.17, 15) is 23.5 Å². The smallest absolute Gasteiger partial charge is 0.350 e. The fourth-order valence-corrected chi connectivity index (χ4v) is 4.08. The average Bonchev–Trinajstić information content (AvgIpc) is 2.78. The summed E-state index contributed by atoms with van der Waals surface area (Å²) in [7, 11) is 0. The Hall–Kier alpha value is -3.27. The third kappa shape index (κ3) is 4.36. The highest BCUT2D eigenvalue weighted by molar-refractivity contribution is 5.95. The van der Waals surface area contributed by atoms with Crippen molar-refractivity contribution in [1.29, 1.82) is 0 Å². The molecule has 1 fully saturated rings. The number of H-pyrrole nitrogens is 1. The lowest BCUT2D eigenvalue weighted by molar-refractivity contribution is -0.0738. The third-order valence-corrected chi connectivity index (χ3v) is 5.76. The van der Waals surface area contributed by atoms with Crippen LogP contribution in [-0.4, -0.2) is 56.2 Å². The van der Waals surface area contributed by atoms with Crippen molar-refractivity contribution in [2.45, 2.75) is 45.6 Å². The van der Waals surface area contributed by atoms with Crippen LogP contribution in [0.1, 0.15) is 36.0 Å². The van der Waals surface area contributed by atoms with Crippen LogP contribution in [0.15, 0.2) is 40.2 Å². The molecule has 2 N–H and O–H groups in total. The van der Waals surface area contributed by atoms with E-state index in [1.54, 1.807) is 12.1 Å². The number of benzene rings is 1. The van der Waals surface area contributed by atoms with Crippen LogP contribution < -0.4 is 5.56 Å². The Kier molecular flexibility index (Phi) is 6.22. The lowest BCUT2D eigenvalue weighted by atomic mass is 10.1. The number of rotatable bonds is 4. The van der Waals surface area contributed by atoms with Crippen molar-refractivity contribution in [2.75, 3.05) is 13.1 Å². The molecule has 3 heterocycles. The first-order chi connectivity index (χ1) is 15.3. The molecule has 0 bridgehead atoms. The number of hydrogen-bond acceptors (Lipinski definition) is 5. The minimum atomic E-state index is -1.44. The summed E-state index contributed by atoms with van der Waals surface area (Å²) in [5.41, 5.74) is 0.491. The monoisotopic (exact) mass is 445 g/mol. The van der Waals surface area contributed by atoms with Crippen molar-refractivity contribution in [1.82, 2.24) is 19.7 Å². The number of pyridine rings is 1. The molecule has 0 saturated carbocycles. The van der Waals surface area contributed by atoms with Gasteiger partial charge in [0.15, 0.2) is 11.6 Å². The molecule has 0 aliphatic carbocycles. The maximum atomic E-state index is 14.0. The van der Waals surface area contributed by atoms with Gasteiger partial charge in [-0.05, 0) is 49.4 Å². The van der Waals surface area contributed by atoms with Crippen LogP contribution in [0.5, 0.6) is 0 Å². The van der Waals surface area contributed by atoms with Gasteiger partial charge < -0.3 is 15.0 Å². The number of halogens is 2. The standard InChI is InChI=1S/C22H25F2N5O3/c1-14-10-15(11-17(23)18(14)24)12-28-20(27-8-3-2-4-9-27)26-21(31)29(22(28)32)13-16-6-5-7-25-19(16)30/h5-7,10-11,22,32H,2-4,8-9,12-13H2,1H3,(H,25,30). The Morgan fingerprint density at radius 1 is 1.12 bits per heavy atom. The van der Waals surface area contributed by atoms with Crippen molar-refractivity contribution in [3.8, 4) is 0 Å². The maximum absolute atomic E-state index is 14.0. The van der Waals surface area contributed by atoms with Gasteiger partial charge in [-0.1, -0.05) is 12.1 Å². The van der Waals surface area contributed by atoms with Crippen LogP contribution in [0.2, 0.25) is 0 Å². The van der Waals surface area contributed by atoms with Gasteiger partial charge in [0.1, 0.15) is 0 Å². The summed E-state index contributed by atoms with van der Waals surface area (Å²) in [4.78, 5) is 36.1. The van der Waals surface area contributed by atoms with Crippen molar-refractivity contribution in [3.63, 3.8) is 0 Å². The number of guanidine groups is 1. The SMILES string of the molecule is Cc1cc(CN2C(N3CCCCC3)=NC(=O)N(Cc3ccc[nH]c3=O)C2O)cc(F)c1F. The normalized spacial score (nSPS) is 19.4. The molecular formula is C22H25F2N5O3. The summed E-state index contributed by atoms with van der Waals surface area (Å²) in [5.74, 6) is -1.60. The highest BCUT2D eigenvalue weighted by atomic mass is 19.2. The van der Waals surface area contributed by atoms with E-state index in [4.69, 9.17) is 0 Å². The highest BCUT2D eigenvalue weighted by Crippen LogP contribution is 2.24. The predicted molar refractivity (Wildman–Crippen MR) is 114 cm³/mol. The Labute approximate surface area is 183 Å². The van der Waals surface area contributed by atoms with E-state index in [0.717, 1.165) is 30.2 Å². The third-order valence-electron chi connectivity index (χ3n) is 5.76. The molecule has 1 aromatic heterocycles. The van der Waals surface area contributed by atoms with E-state index < -0.39 is 24.0 Å². The summed E-state index contributed by atoms with van der Waals surface area (Å²) in [6.45, 7) is 2.66. The zero-order chi connectivity index (χ0) is 22.8. The van der Waals surface area contributed by atoms with Crippen molar-refractivity contribution in [2.24, 2.45) is 4.99 Å². The Bertz CT molecular complexity index is 1070. The molecule has 0 spiro atoms. The Morgan fingerprint density at radius 2 is 1.88 bits per heavy atom. The number of aliphatic hydroxyl groups is 1. The second-order valence-electron chi connectivity index (χ2n) is 8.08. The van der Waals surface area contributed by atoms with Crippen molar-refractivity contribution >= 4 is 12.0 Å². The molecule has 2 aromatic rings. The molecule has 8 nitrogen and oxygen atoms in total. The zero-order valence-corrected chi connectivity index (χ0v) is 17.7. The number of aromatic nitrogens is 1. The molecule has 4 rings (SSSR count). The number of likely N-dealkylation sites (tertiary alicyclic amines) is 1. The molecule has 2 amide bonds. The number of nitrogens with one attached hydrogen (secondary N) is 1. The summed E-state index contributed by atoms with van der Waals surface area (Å²) >= 11 is 0. The molecular weight excluding hydrogens is 420 g/mol. The predicted octanol–water partition coefficient (Wildman–Crippen LogP) is 2.52. The number of piperidine rings is 1. The number of urea groups is 1. The topological polar surface area (TPSA) is 92.2 Å². The van der Waals surface area contributed by atoms with Crippen molar-refractivity contribution < 1.29 is 18.7 Å². The number of carbonyl (C=O) groups excluding carboxylic acids is 1. The molecule has 1 unspecified atom stereocenters. The average molecular weight is 445 g/mol. The lowest BCUT2D eigenvalue weighted by Gasteiger charge is -2.44. The summed E-state index contributed by atoms with van der Waals surface area (Å²) in [5, 5.41) is 11.2. The van der Waals surface area contributed by atoms with E-state index in [-0.39, 0.29) is 24.2 Å². The quantitative estimate of drug-likeness (QED) is 0.755. The number of aliphatic hydroxyl groups excluding tert-OH is 1. The van der Waals surface area contributed by atoms with E-state index >= 15 is 0 Å². The minimum Gasteiger partial charge on any atom is -0.356 e. The summed E-state index contributed by atoms with van der Waals surface area (Å²) in [6.07, 6.45) is 2.94. The van der Waals surface area contributed by atoms with Crippen molar-refractivity contribution in [3.05, 3.63) is 69.1 Å². The molecule has 2 aliphatic rings. The summed E-state index contributed by atoms with van der Waals surface area (Å²) in [6, 6.07) is 5.10.